The van der Waals surface area contributed by atoms with Gasteiger partial charge in [-0.05, 0) is 38.2 Å². The number of hydrogen-bond acceptors (Lipinski definition) is 3. The van der Waals surface area contributed by atoms with Crippen molar-refractivity contribution in [2.75, 3.05) is 0 Å². The predicted octanol–water partition coefficient (Wildman–Crippen LogP) is 8.99. The Labute approximate surface area is 225 Å². The summed E-state index contributed by atoms with van der Waals surface area (Å²) in [5.41, 5.74) is 7.78. The maximum atomic E-state index is 13.1. The molecular formula is C29H45F5N4. The van der Waals surface area contributed by atoms with Crippen molar-refractivity contribution in [3.05, 3.63) is 47.0 Å². The number of nitrogens with two attached hydrogens (primary N) is 1. The van der Waals surface area contributed by atoms with Gasteiger partial charge in [0.1, 0.15) is 11.4 Å². The Morgan fingerprint density at radius 2 is 1.71 bits per heavy atom. The summed E-state index contributed by atoms with van der Waals surface area (Å²) >= 11 is 0. The predicted molar refractivity (Wildman–Crippen MR) is 147 cm³/mol. The molecule has 1 aromatic heterocycles. The second kappa shape index (κ2) is 15.3. The highest BCUT2D eigenvalue weighted by atomic mass is 19.4. The number of nitrogens with zero attached hydrogens (tertiary/aromatic N) is 3. The van der Waals surface area contributed by atoms with Gasteiger partial charge in [-0.2, -0.15) is 27.1 Å². The topological polar surface area (TPSA) is 56.2 Å². The Kier molecular flexibility index (Phi) is 13.6. The SMILES string of the molecule is C=Cc1cnn(CC)c1C(C)(F)F.CC.CC1=CC2=C(CC1)N=C(C(F)(F)F)CC2N.CC1CCCCC1. The minimum absolute atomic E-state index is 0.0648. The molecule has 0 bridgehead atoms. The summed E-state index contributed by atoms with van der Waals surface area (Å²) in [6, 6.07) is -0.570. The molecule has 1 atom stereocenters. The van der Waals surface area contributed by atoms with Gasteiger partial charge in [-0.15, -0.1) is 0 Å². The minimum atomic E-state index is -4.35. The molecule has 0 radical (unpaired) electrons. The third kappa shape index (κ3) is 10.1. The van der Waals surface area contributed by atoms with Gasteiger partial charge >= 0.3 is 6.18 Å². The van der Waals surface area contributed by atoms with Gasteiger partial charge in [0.25, 0.3) is 5.92 Å². The standard InChI is InChI=1S/C11H13F3N2.C9H12F2N2.C7H14.C2H6/c1-6-2-3-9-7(4-6)8(15)5-10(16-9)11(12,13)14;1-4-7-6-12-13(5-2)8(7)9(3,10)11;1-7-5-3-2-4-6-7;1-2/h4,8H,2-3,5,15H2,1H3;4,6H,1,5H2,2-3H3;7H,2-6H2,1H3;1-2H3. The van der Waals surface area contributed by atoms with Crippen LogP contribution in [0.5, 0.6) is 0 Å². The number of aliphatic imine (C=N–C) groups is 1. The van der Waals surface area contributed by atoms with Crippen molar-refractivity contribution in [3.63, 3.8) is 0 Å². The van der Waals surface area contributed by atoms with Crippen LogP contribution in [0.15, 0.2) is 40.7 Å². The van der Waals surface area contributed by atoms with Crippen molar-refractivity contribution < 1.29 is 22.0 Å². The van der Waals surface area contributed by atoms with Gasteiger partial charge < -0.3 is 5.73 Å². The van der Waals surface area contributed by atoms with E-state index in [1.54, 1.807) is 6.92 Å². The number of aryl methyl sites for hydroxylation is 1. The van der Waals surface area contributed by atoms with Crippen LogP contribution in [0.4, 0.5) is 22.0 Å². The summed E-state index contributed by atoms with van der Waals surface area (Å²) in [4.78, 5) is 3.71. The Balaban J connectivity index is 0.000000294. The number of alkyl halides is 5. The highest BCUT2D eigenvalue weighted by molar-refractivity contribution is 5.92. The summed E-state index contributed by atoms with van der Waals surface area (Å²) in [6.07, 6.45) is 8.87. The molecule has 2 aliphatic carbocycles. The number of hydrogen-bond donors (Lipinski definition) is 1. The van der Waals surface area contributed by atoms with Gasteiger partial charge in [-0.3, -0.25) is 9.67 Å². The molecule has 3 aliphatic rings. The number of rotatable bonds is 3. The van der Waals surface area contributed by atoms with Gasteiger partial charge in [0.15, 0.2) is 0 Å². The van der Waals surface area contributed by atoms with E-state index in [1.165, 1.54) is 49.1 Å². The molecular weight excluding hydrogens is 499 g/mol. The molecule has 1 saturated carbocycles. The lowest BCUT2D eigenvalue weighted by atomic mass is 9.88. The Morgan fingerprint density at radius 3 is 2.16 bits per heavy atom. The minimum Gasteiger partial charge on any atom is -0.324 e. The van der Waals surface area contributed by atoms with Crippen molar-refractivity contribution in [1.29, 1.82) is 0 Å². The van der Waals surface area contributed by atoms with Crippen molar-refractivity contribution in [1.82, 2.24) is 9.78 Å². The molecule has 1 unspecified atom stereocenters. The van der Waals surface area contributed by atoms with E-state index in [2.05, 4.69) is 23.6 Å². The normalized spacial score (nSPS) is 19.8. The molecule has 38 heavy (non-hydrogen) atoms. The van der Waals surface area contributed by atoms with Crippen molar-refractivity contribution in [2.45, 2.75) is 118 Å². The molecule has 0 aromatic carbocycles. The lowest BCUT2D eigenvalue weighted by molar-refractivity contribution is -0.0609. The van der Waals surface area contributed by atoms with E-state index in [-0.39, 0.29) is 12.1 Å². The third-order valence-electron chi connectivity index (χ3n) is 6.60. The highest BCUT2D eigenvalue weighted by Crippen LogP contribution is 2.34. The molecule has 0 amide bonds. The Morgan fingerprint density at radius 1 is 1.11 bits per heavy atom. The van der Waals surface area contributed by atoms with Gasteiger partial charge in [-0.25, -0.2) is 0 Å². The summed E-state index contributed by atoms with van der Waals surface area (Å²) in [5.74, 6) is -1.83. The molecule has 2 heterocycles. The van der Waals surface area contributed by atoms with Gasteiger partial charge in [0.2, 0.25) is 0 Å². The molecule has 0 saturated heterocycles. The van der Waals surface area contributed by atoms with Crippen LogP contribution in [0.3, 0.4) is 0 Å². The lowest BCUT2D eigenvalue weighted by Gasteiger charge is -2.27. The monoisotopic (exact) mass is 544 g/mol. The van der Waals surface area contributed by atoms with Crippen LogP contribution in [0.1, 0.15) is 104 Å². The largest absolute Gasteiger partial charge is 0.429 e. The molecule has 1 aromatic rings. The van der Waals surface area contributed by atoms with Crippen LogP contribution >= 0.6 is 0 Å². The molecule has 4 nitrogen and oxygen atoms in total. The molecule has 4 rings (SSSR count). The van der Waals surface area contributed by atoms with E-state index in [9.17, 15) is 22.0 Å². The van der Waals surface area contributed by atoms with E-state index in [4.69, 9.17) is 5.73 Å². The zero-order chi connectivity index (χ0) is 29.1. The van der Waals surface area contributed by atoms with E-state index >= 15 is 0 Å². The summed E-state index contributed by atoms with van der Waals surface area (Å²) in [5, 5.41) is 3.84. The molecule has 1 aliphatic heterocycles. The highest BCUT2D eigenvalue weighted by Gasteiger charge is 2.39. The van der Waals surface area contributed by atoms with E-state index in [1.807, 2.05) is 26.8 Å². The second-order valence-corrected chi connectivity index (χ2v) is 9.86. The fourth-order valence-corrected chi connectivity index (χ4v) is 4.60. The maximum Gasteiger partial charge on any atom is 0.429 e. The van der Waals surface area contributed by atoms with E-state index < -0.39 is 23.9 Å². The van der Waals surface area contributed by atoms with E-state index in [0.717, 1.165) is 30.4 Å². The van der Waals surface area contributed by atoms with Crippen LogP contribution in [0.2, 0.25) is 0 Å². The molecule has 2 N–H and O–H groups in total. The number of halogens is 5. The van der Waals surface area contributed by atoms with Crippen LogP contribution in [-0.2, 0) is 12.5 Å². The summed E-state index contributed by atoms with van der Waals surface area (Å²) in [7, 11) is 0. The first-order valence-corrected chi connectivity index (χ1v) is 13.6. The van der Waals surface area contributed by atoms with Crippen molar-refractivity contribution in [3.8, 4) is 0 Å². The second-order valence-electron chi connectivity index (χ2n) is 9.86. The fraction of sp³-hybridized carbons (Fsp3) is 0.655. The zero-order valence-corrected chi connectivity index (χ0v) is 23.8. The van der Waals surface area contributed by atoms with Crippen LogP contribution in [0, 0.1) is 5.92 Å². The smallest absolute Gasteiger partial charge is 0.324 e. The van der Waals surface area contributed by atoms with Gasteiger partial charge in [0, 0.05) is 37.2 Å². The van der Waals surface area contributed by atoms with Crippen LogP contribution < -0.4 is 5.73 Å². The Bertz CT molecular complexity index is 974. The number of allylic oxidation sites excluding steroid dienone is 2. The van der Waals surface area contributed by atoms with Gasteiger partial charge in [0.05, 0.1) is 6.20 Å². The first-order valence-electron chi connectivity index (χ1n) is 13.6. The lowest BCUT2D eigenvalue weighted by Crippen LogP contribution is -2.36. The quantitative estimate of drug-likeness (QED) is 0.386. The van der Waals surface area contributed by atoms with Gasteiger partial charge in [-0.1, -0.05) is 77.2 Å². The van der Waals surface area contributed by atoms with Crippen LogP contribution in [0.25, 0.3) is 6.08 Å². The van der Waals surface area contributed by atoms with E-state index in [0.29, 0.717) is 24.2 Å². The third-order valence-corrected chi connectivity index (χ3v) is 6.60. The average molecular weight is 545 g/mol. The first kappa shape index (κ1) is 33.7. The molecule has 0 spiro atoms. The summed E-state index contributed by atoms with van der Waals surface area (Å²) < 4.78 is 65.0. The molecule has 9 heteroatoms. The number of aromatic nitrogens is 2. The Hall–Kier alpha value is -2.29. The van der Waals surface area contributed by atoms with Crippen molar-refractivity contribution in [2.24, 2.45) is 16.6 Å². The molecule has 216 valence electrons. The zero-order valence-electron chi connectivity index (χ0n) is 23.8. The maximum absolute atomic E-state index is 13.1. The van der Waals surface area contributed by atoms with Crippen LogP contribution in [-0.4, -0.2) is 27.7 Å². The summed E-state index contributed by atoms with van der Waals surface area (Å²) in [6.45, 7) is 14.9. The molecule has 1 fully saturated rings. The van der Waals surface area contributed by atoms with Crippen molar-refractivity contribution >= 4 is 11.8 Å². The average Bonchev–Trinajstić information content (AvgIpc) is 3.31. The first-order chi connectivity index (χ1) is 17.8. The fourth-order valence-electron chi connectivity index (χ4n) is 4.60.